The highest BCUT2D eigenvalue weighted by Gasteiger charge is 2.13. The van der Waals surface area contributed by atoms with E-state index in [1.54, 1.807) is 18.3 Å². The molecule has 6 heteroatoms. The molecule has 0 atom stereocenters. The highest BCUT2D eigenvalue weighted by molar-refractivity contribution is 6.04. The number of hydrogen-bond acceptors (Lipinski definition) is 4. The van der Waals surface area contributed by atoms with Crippen LogP contribution in [0.2, 0.25) is 0 Å². The zero-order chi connectivity index (χ0) is 16.2. The van der Waals surface area contributed by atoms with Crippen molar-refractivity contribution in [1.29, 1.82) is 0 Å². The van der Waals surface area contributed by atoms with E-state index >= 15 is 0 Å². The number of carbonyl (C=O) groups excluding carboxylic acids is 2. The third-order valence-corrected chi connectivity index (χ3v) is 3.87. The van der Waals surface area contributed by atoms with Crippen LogP contribution in [0.15, 0.2) is 42.6 Å². The third kappa shape index (κ3) is 3.48. The van der Waals surface area contributed by atoms with Gasteiger partial charge in [-0.25, -0.2) is 4.98 Å². The second-order valence-corrected chi connectivity index (χ2v) is 5.49. The summed E-state index contributed by atoms with van der Waals surface area (Å²) in [6, 6.07) is 9.97. The smallest absolute Gasteiger partial charge is 0.255 e. The van der Waals surface area contributed by atoms with Crippen molar-refractivity contribution in [1.82, 2.24) is 4.98 Å². The summed E-state index contributed by atoms with van der Waals surface area (Å²) >= 11 is 0. The monoisotopic (exact) mass is 310 g/mol. The number of amides is 2. The maximum absolute atomic E-state index is 12.2. The van der Waals surface area contributed by atoms with Crippen molar-refractivity contribution in [2.75, 3.05) is 23.3 Å². The van der Waals surface area contributed by atoms with Gasteiger partial charge in [0.1, 0.15) is 5.82 Å². The molecule has 1 saturated heterocycles. The van der Waals surface area contributed by atoms with Crippen LogP contribution in [0.1, 0.15) is 33.6 Å². The second-order valence-electron chi connectivity index (χ2n) is 5.49. The van der Waals surface area contributed by atoms with E-state index in [0.717, 1.165) is 18.9 Å². The molecule has 2 heterocycles. The van der Waals surface area contributed by atoms with Crippen LogP contribution in [-0.4, -0.2) is 29.9 Å². The zero-order valence-electron chi connectivity index (χ0n) is 12.7. The Morgan fingerprint density at radius 1 is 1.00 bits per heavy atom. The number of rotatable bonds is 4. The molecule has 0 spiro atoms. The lowest BCUT2D eigenvalue weighted by molar-refractivity contribution is 0.0995. The lowest BCUT2D eigenvalue weighted by Gasteiger charge is -2.16. The number of benzene rings is 1. The van der Waals surface area contributed by atoms with Crippen LogP contribution in [0.3, 0.4) is 0 Å². The van der Waals surface area contributed by atoms with Crippen LogP contribution in [0, 0.1) is 0 Å². The molecular formula is C17H18N4O2. The zero-order valence-corrected chi connectivity index (χ0v) is 12.7. The lowest BCUT2D eigenvalue weighted by atomic mass is 10.1. The molecule has 0 radical (unpaired) electrons. The molecule has 0 aliphatic carbocycles. The molecule has 3 rings (SSSR count). The Bertz CT molecular complexity index is 704. The third-order valence-electron chi connectivity index (χ3n) is 3.87. The average molecular weight is 310 g/mol. The van der Waals surface area contributed by atoms with E-state index in [0.29, 0.717) is 16.8 Å². The van der Waals surface area contributed by atoms with Crippen molar-refractivity contribution in [3.05, 3.63) is 53.7 Å². The van der Waals surface area contributed by atoms with E-state index in [2.05, 4.69) is 15.2 Å². The summed E-state index contributed by atoms with van der Waals surface area (Å²) in [5, 5.41) is 2.79. The summed E-state index contributed by atoms with van der Waals surface area (Å²) in [4.78, 5) is 29.8. The number of aromatic nitrogens is 1. The Kier molecular flexibility index (Phi) is 4.23. The number of carbonyl (C=O) groups is 2. The number of pyridine rings is 1. The van der Waals surface area contributed by atoms with E-state index in [1.807, 2.05) is 12.1 Å². The highest BCUT2D eigenvalue weighted by Crippen LogP contribution is 2.19. The van der Waals surface area contributed by atoms with Crippen molar-refractivity contribution in [2.24, 2.45) is 5.73 Å². The standard InChI is InChI=1S/C17H18N4O2/c18-16(22)12-3-5-13(6-4-12)17(23)20-14-7-8-15(19-11-14)21-9-1-2-10-21/h3-8,11H,1-2,9-10H2,(H2,18,22)(H,20,23). The topological polar surface area (TPSA) is 88.3 Å². The van der Waals surface area contributed by atoms with Crippen LogP contribution in [-0.2, 0) is 0 Å². The first-order valence-corrected chi connectivity index (χ1v) is 7.56. The summed E-state index contributed by atoms with van der Waals surface area (Å²) in [5.74, 6) is 0.168. The minimum Gasteiger partial charge on any atom is -0.366 e. The van der Waals surface area contributed by atoms with Gasteiger partial charge in [-0.3, -0.25) is 9.59 Å². The largest absolute Gasteiger partial charge is 0.366 e. The summed E-state index contributed by atoms with van der Waals surface area (Å²) in [5.41, 5.74) is 6.64. The molecule has 1 aromatic heterocycles. The quantitative estimate of drug-likeness (QED) is 0.904. The summed E-state index contributed by atoms with van der Waals surface area (Å²) in [7, 11) is 0. The minimum absolute atomic E-state index is 0.253. The van der Waals surface area contributed by atoms with Crippen LogP contribution >= 0.6 is 0 Å². The first-order chi connectivity index (χ1) is 11.1. The molecule has 3 N–H and O–H groups in total. The number of hydrogen-bond donors (Lipinski definition) is 2. The molecule has 23 heavy (non-hydrogen) atoms. The van der Waals surface area contributed by atoms with Gasteiger partial charge in [-0.15, -0.1) is 0 Å². The van der Waals surface area contributed by atoms with Crippen molar-refractivity contribution < 1.29 is 9.59 Å². The van der Waals surface area contributed by atoms with Crippen molar-refractivity contribution in [3.63, 3.8) is 0 Å². The van der Waals surface area contributed by atoms with Gasteiger partial charge in [-0.05, 0) is 49.2 Å². The molecular weight excluding hydrogens is 292 g/mol. The Balaban J connectivity index is 1.66. The number of primary amides is 1. The van der Waals surface area contributed by atoms with Crippen LogP contribution in [0.4, 0.5) is 11.5 Å². The molecule has 1 aliphatic rings. The predicted molar refractivity (Wildman–Crippen MR) is 88.6 cm³/mol. The normalized spacial score (nSPS) is 13.8. The van der Waals surface area contributed by atoms with Gasteiger partial charge >= 0.3 is 0 Å². The number of anilines is 2. The maximum Gasteiger partial charge on any atom is 0.255 e. The second kappa shape index (κ2) is 6.48. The first kappa shape index (κ1) is 15.0. The Labute approximate surface area is 134 Å². The fourth-order valence-electron chi connectivity index (χ4n) is 2.58. The predicted octanol–water partition coefficient (Wildman–Crippen LogP) is 2.03. The van der Waals surface area contributed by atoms with Gasteiger partial charge < -0.3 is 16.0 Å². The SMILES string of the molecule is NC(=O)c1ccc(C(=O)Nc2ccc(N3CCCC3)nc2)cc1. The van der Waals surface area contributed by atoms with Crippen molar-refractivity contribution in [2.45, 2.75) is 12.8 Å². The molecule has 1 aromatic carbocycles. The molecule has 0 saturated carbocycles. The molecule has 1 aliphatic heterocycles. The van der Waals surface area contributed by atoms with Crippen LogP contribution in [0.5, 0.6) is 0 Å². The molecule has 2 aromatic rings. The van der Waals surface area contributed by atoms with E-state index in [-0.39, 0.29) is 5.91 Å². The Morgan fingerprint density at radius 3 is 2.22 bits per heavy atom. The average Bonchev–Trinajstić information content (AvgIpc) is 3.10. The van der Waals surface area contributed by atoms with Gasteiger partial charge in [-0.1, -0.05) is 0 Å². The lowest BCUT2D eigenvalue weighted by Crippen LogP contribution is -2.19. The fourth-order valence-corrected chi connectivity index (χ4v) is 2.58. The highest BCUT2D eigenvalue weighted by atomic mass is 16.2. The van der Waals surface area contributed by atoms with Gasteiger partial charge in [0, 0.05) is 24.2 Å². The summed E-state index contributed by atoms with van der Waals surface area (Å²) in [6.45, 7) is 2.07. The molecule has 0 unspecified atom stereocenters. The molecule has 118 valence electrons. The molecule has 0 bridgehead atoms. The molecule has 1 fully saturated rings. The molecule has 6 nitrogen and oxygen atoms in total. The van der Waals surface area contributed by atoms with E-state index < -0.39 is 5.91 Å². The summed E-state index contributed by atoms with van der Waals surface area (Å²) in [6.07, 6.45) is 4.05. The Hall–Kier alpha value is -2.89. The van der Waals surface area contributed by atoms with Crippen LogP contribution in [0.25, 0.3) is 0 Å². The number of nitrogens with zero attached hydrogens (tertiary/aromatic N) is 2. The number of nitrogens with one attached hydrogen (secondary N) is 1. The molecule has 2 amide bonds. The van der Waals surface area contributed by atoms with E-state index in [1.165, 1.54) is 25.0 Å². The van der Waals surface area contributed by atoms with Crippen LogP contribution < -0.4 is 16.0 Å². The number of nitrogens with two attached hydrogens (primary N) is 1. The minimum atomic E-state index is -0.515. The van der Waals surface area contributed by atoms with Gasteiger partial charge in [0.2, 0.25) is 5.91 Å². The van der Waals surface area contributed by atoms with Gasteiger partial charge in [0.05, 0.1) is 11.9 Å². The Morgan fingerprint density at radius 2 is 1.65 bits per heavy atom. The van der Waals surface area contributed by atoms with Crippen molar-refractivity contribution in [3.8, 4) is 0 Å². The summed E-state index contributed by atoms with van der Waals surface area (Å²) < 4.78 is 0. The maximum atomic E-state index is 12.2. The fraction of sp³-hybridized carbons (Fsp3) is 0.235. The van der Waals surface area contributed by atoms with E-state index in [9.17, 15) is 9.59 Å². The van der Waals surface area contributed by atoms with Gasteiger partial charge in [-0.2, -0.15) is 0 Å². The van der Waals surface area contributed by atoms with Gasteiger partial charge in [0.15, 0.2) is 0 Å². The van der Waals surface area contributed by atoms with Crippen molar-refractivity contribution >= 4 is 23.3 Å². The van der Waals surface area contributed by atoms with Gasteiger partial charge in [0.25, 0.3) is 5.91 Å². The first-order valence-electron chi connectivity index (χ1n) is 7.56. The van der Waals surface area contributed by atoms with E-state index in [4.69, 9.17) is 5.73 Å².